The highest BCUT2D eigenvalue weighted by Crippen LogP contribution is 2.51. The van der Waals surface area contributed by atoms with Crippen LogP contribution in [0.4, 0.5) is 0 Å². The molecule has 7 heteroatoms. The van der Waals surface area contributed by atoms with E-state index in [0.29, 0.717) is 11.3 Å². The highest BCUT2D eigenvalue weighted by Gasteiger charge is 2.57. The lowest BCUT2D eigenvalue weighted by molar-refractivity contribution is -0.159. The summed E-state index contributed by atoms with van der Waals surface area (Å²) in [4.78, 5) is 25.8. The zero-order valence-electron chi connectivity index (χ0n) is 18.1. The van der Waals surface area contributed by atoms with Crippen molar-refractivity contribution in [2.24, 2.45) is 5.41 Å². The van der Waals surface area contributed by atoms with E-state index < -0.39 is 29.3 Å². The summed E-state index contributed by atoms with van der Waals surface area (Å²) >= 11 is 0. The minimum absolute atomic E-state index is 0.0258. The molecule has 2 N–H and O–H groups in total. The molecular weight excluding hydrogens is 408 g/mol. The van der Waals surface area contributed by atoms with Crippen molar-refractivity contribution in [3.05, 3.63) is 77.4 Å². The third kappa shape index (κ3) is 4.45. The molecular formula is C25H26N2O5. The first kappa shape index (κ1) is 22.9. The number of furan rings is 1. The molecule has 1 aliphatic heterocycles. The van der Waals surface area contributed by atoms with Crippen LogP contribution in [0.1, 0.15) is 43.7 Å². The highest BCUT2D eigenvalue weighted by molar-refractivity contribution is 5.93. The third-order valence-corrected chi connectivity index (χ3v) is 5.97. The van der Waals surface area contributed by atoms with Gasteiger partial charge in [-0.2, -0.15) is 5.26 Å². The molecule has 1 aliphatic rings. The van der Waals surface area contributed by atoms with E-state index in [9.17, 15) is 20.0 Å². The fourth-order valence-corrected chi connectivity index (χ4v) is 4.47. The summed E-state index contributed by atoms with van der Waals surface area (Å²) in [5.74, 6) is -2.51. The summed E-state index contributed by atoms with van der Waals surface area (Å²) in [5, 5.41) is 22.4. The topological polar surface area (TPSA) is 113 Å². The van der Waals surface area contributed by atoms with Gasteiger partial charge in [0.2, 0.25) is 0 Å². The Labute approximate surface area is 187 Å². The van der Waals surface area contributed by atoms with Crippen molar-refractivity contribution >= 4 is 18.0 Å². The molecule has 2 aromatic rings. The molecule has 0 amide bonds. The molecule has 2 heterocycles. The number of hydrogen-bond donors (Lipinski definition) is 2. The molecule has 3 atom stereocenters. The number of nitrogens with zero attached hydrogens (tertiary/aromatic N) is 1. The molecule has 0 fully saturated rings. The molecule has 7 nitrogen and oxygen atoms in total. The number of carbonyl (C=O) groups is 2. The van der Waals surface area contributed by atoms with Crippen molar-refractivity contribution in [1.29, 1.82) is 5.26 Å². The molecule has 0 bridgehead atoms. The Morgan fingerprint density at radius 3 is 2.69 bits per heavy atom. The smallest absolute Gasteiger partial charge is 0.333 e. The molecule has 1 aromatic carbocycles. The molecule has 32 heavy (non-hydrogen) atoms. The Balaban J connectivity index is 1.98. The molecule has 0 spiro atoms. The van der Waals surface area contributed by atoms with Gasteiger partial charge in [0.05, 0.1) is 29.6 Å². The molecule has 1 aromatic heterocycles. The number of hydrogen-bond acceptors (Lipinski definition) is 6. The Hall–Kier alpha value is -3.79. The number of aliphatic carboxylic acids is 1. The second-order valence-corrected chi connectivity index (χ2v) is 7.81. The summed E-state index contributed by atoms with van der Waals surface area (Å²) in [6, 6.07) is 12.9. The quantitative estimate of drug-likeness (QED) is 0.597. The van der Waals surface area contributed by atoms with E-state index in [1.807, 2.05) is 43.3 Å². The Bertz CT molecular complexity index is 1050. The molecule has 166 valence electrons. The average Bonchev–Trinajstić information content (AvgIpc) is 3.30. The second-order valence-electron chi connectivity index (χ2n) is 7.81. The summed E-state index contributed by atoms with van der Waals surface area (Å²) in [6.45, 7) is 3.51. The van der Waals surface area contributed by atoms with Gasteiger partial charge in [0.25, 0.3) is 0 Å². The number of nitrogens with one attached hydrogen (secondary N) is 1. The maximum absolute atomic E-state index is 13.6. The number of nitriles is 1. The van der Waals surface area contributed by atoms with Gasteiger partial charge in [0, 0.05) is 24.1 Å². The number of benzene rings is 1. The van der Waals surface area contributed by atoms with Crippen molar-refractivity contribution in [1.82, 2.24) is 5.32 Å². The van der Waals surface area contributed by atoms with Gasteiger partial charge in [-0.15, -0.1) is 0 Å². The average molecular weight is 434 g/mol. The van der Waals surface area contributed by atoms with Crippen molar-refractivity contribution in [3.8, 4) is 6.07 Å². The molecule has 0 radical (unpaired) electrons. The van der Waals surface area contributed by atoms with Crippen LogP contribution < -0.4 is 5.32 Å². The number of allylic oxidation sites excluding steroid dienone is 1. The lowest BCUT2D eigenvalue weighted by atomic mass is 9.60. The Kier molecular flexibility index (Phi) is 7.16. The number of carboxylic acids is 1. The van der Waals surface area contributed by atoms with E-state index >= 15 is 0 Å². The van der Waals surface area contributed by atoms with Gasteiger partial charge in [-0.3, -0.25) is 4.79 Å². The van der Waals surface area contributed by atoms with Crippen LogP contribution in [0.15, 0.2) is 70.7 Å². The maximum atomic E-state index is 13.6. The van der Waals surface area contributed by atoms with Gasteiger partial charge in [-0.25, -0.2) is 4.79 Å². The lowest BCUT2D eigenvalue weighted by Crippen LogP contribution is -2.57. The van der Waals surface area contributed by atoms with Crippen LogP contribution in [0.3, 0.4) is 0 Å². The second kappa shape index (κ2) is 10.0. The molecule has 0 saturated heterocycles. The first-order chi connectivity index (χ1) is 15.4. The van der Waals surface area contributed by atoms with Crippen LogP contribution in [0.2, 0.25) is 0 Å². The van der Waals surface area contributed by atoms with E-state index in [0.717, 1.165) is 5.56 Å². The number of carbonyl (C=O) groups excluding carboxylic acids is 1. The zero-order chi connectivity index (χ0) is 23.1. The summed E-state index contributed by atoms with van der Waals surface area (Å²) < 4.78 is 10.9. The van der Waals surface area contributed by atoms with Crippen molar-refractivity contribution < 1.29 is 23.8 Å². The molecule has 0 saturated carbocycles. The van der Waals surface area contributed by atoms with Crippen molar-refractivity contribution in [2.45, 2.75) is 38.6 Å². The van der Waals surface area contributed by atoms with E-state index in [2.05, 4.69) is 11.4 Å². The Morgan fingerprint density at radius 2 is 2.06 bits per heavy atom. The van der Waals surface area contributed by atoms with Crippen LogP contribution in [-0.2, 0) is 14.3 Å². The van der Waals surface area contributed by atoms with Gasteiger partial charge < -0.3 is 19.6 Å². The van der Waals surface area contributed by atoms with Gasteiger partial charge in [-0.05, 0) is 43.5 Å². The first-order valence-corrected chi connectivity index (χ1v) is 10.4. The van der Waals surface area contributed by atoms with E-state index in [1.54, 1.807) is 19.1 Å². The molecule has 3 unspecified atom stereocenters. The monoisotopic (exact) mass is 434 g/mol. The zero-order valence-corrected chi connectivity index (χ0v) is 18.1. The summed E-state index contributed by atoms with van der Waals surface area (Å²) in [5.41, 5.74) is 0.774. The van der Waals surface area contributed by atoms with Crippen LogP contribution in [0.25, 0.3) is 6.08 Å². The lowest BCUT2D eigenvalue weighted by Gasteiger charge is -2.47. The van der Waals surface area contributed by atoms with Crippen LogP contribution >= 0.6 is 0 Å². The van der Waals surface area contributed by atoms with Crippen molar-refractivity contribution in [2.75, 3.05) is 6.61 Å². The van der Waals surface area contributed by atoms with Gasteiger partial charge in [-0.1, -0.05) is 36.4 Å². The minimum Gasteiger partial charge on any atom is -0.478 e. The predicted molar refractivity (Wildman–Crippen MR) is 118 cm³/mol. The SMILES string of the molecule is CC1=C(C(=O)O)C(c2ccoc2)C(CCC#N)(C(=O)OCC=Cc2ccccc2)C(C)N1. The number of esters is 1. The predicted octanol–water partition coefficient (Wildman–Crippen LogP) is 4.26. The van der Waals surface area contributed by atoms with Crippen molar-refractivity contribution in [3.63, 3.8) is 0 Å². The third-order valence-electron chi connectivity index (χ3n) is 5.97. The summed E-state index contributed by atoms with van der Waals surface area (Å²) in [7, 11) is 0. The van der Waals surface area contributed by atoms with E-state index in [-0.39, 0.29) is 25.0 Å². The minimum atomic E-state index is -1.30. The molecule has 3 rings (SSSR count). The number of rotatable bonds is 8. The van der Waals surface area contributed by atoms with Gasteiger partial charge >= 0.3 is 11.9 Å². The Morgan fingerprint density at radius 1 is 1.31 bits per heavy atom. The standard InChI is InChI=1S/C25H26N2O5/c1-17-21(23(28)29)22(20-11-15-31-16-20)25(12-7-13-26,18(2)27-17)24(30)32-14-6-10-19-8-4-3-5-9-19/h3-6,8-11,15-16,18,22,27H,7,12,14H2,1-2H3,(H,28,29). The van der Waals surface area contributed by atoms with E-state index in [4.69, 9.17) is 9.15 Å². The van der Waals surface area contributed by atoms with Gasteiger partial charge in [0.1, 0.15) is 6.61 Å². The van der Waals surface area contributed by atoms with Gasteiger partial charge in [0.15, 0.2) is 0 Å². The largest absolute Gasteiger partial charge is 0.478 e. The van der Waals surface area contributed by atoms with Crippen LogP contribution in [0.5, 0.6) is 0 Å². The fraction of sp³-hybridized carbons (Fsp3) is 0.320. The van der Waals surface area contributed by atoms with Crippen LogP contribution in [-0.4, -0.2) is 29.7 Å². The maximum Gasteiger partial charge on any atom is 0.333 e. The normalized spacial score (nSPS) is 22.9. The highest BCUT2D eigenvalue weighted by atomic mass is 16.5. The number of ether oxygens (including phenoxy) is 1. The molecule has 0 aliphatic carbocycles. The number of carboxylic acid groups (broad SMARTS) is 1. The summed E-state index contributed by atoms with van der Waals surface area (Å²) in [6.07, 6.45) is 6.68. The van der Waals surface area contributed by atoms with E-state index in [1.165, 1.54) is 12.5 Å². The first-order valence-electron chi connectivity index (χ1n) is 10.4. The van der Waals surface area contributed by atoms with Crippen LogP contribution in [0, 0.1) is 16.7 Å². The fourth-order valence-electron chi connectivity index (χ4n) is 4.47.